The molecule has 0 aliphatic heterocycles. The SMILES string of the molecule is COCCNCc1ncc(Br)s1. The van der Waals surface area contributed by atoms with Gasteiger partial charge in [0.2, 0.25) is 0 Å². The minimum Gasteiger partial charge on any atom is -0.383 e. The van der Waals surface area contributed by atoms with Gasteiger partial charge >= 0.3 is 0 Å². The first kappa shape index (κ1) is 10.1. The largest absolute Gasteiger partial charge is 0.383 e. The molecule has 0 bridgehead atoms. The number of ether oxygens (including phenoxy) is 1. The van der Waals surface area contributed by atoms with Crippen LogP contribution in [0, 0.1) is 0 Å². The zero-order valence-corrected chi connectivity index (χ0v) is 9.24. The van der Waals surface area contributed by atoms with Crippen molar-refractivity contribution in [1.29, 1.82) is 0 Å². The third-order valence-corrected chi connectivity index (χ3v) is 2.76. The minimum atomic E-state index is 0.743. The molecule has 0 aliphatic carbocycles. The maximum atomic E-state index is 4.90. The highest BCUT2D eigenvalue weighted by Gasteiger charge is 1.97. The number of methoxy groups -OCH3 is 1. The quantitative estimate of drug-likeness (QED) is 0.808. The van der Waals surface area contributed by atoms with Gasteiger partial charge < -0.3 is 10.1 Å². The van der Waals surface area contributed by atoms with Crippen molar-refractivity contribution < 1.29 is 4.74 Å². The predicted octanol–water partition coefficient (Wildman–Crippen LogP) is 1.64. The molecule has 0 aliphatic rings. The van der Waals surface area contributed by atoms with E-state index in [-0.39, 0.29) is 0 Å². The lowest BCUT2D eigenvalue weighted by atomic mass is 10.6. The molecule has 0 spiro atoms. The van der Waals surface area contributed by atoms with Crippen LogP contribution < -0.4 is 5.32 Å². The lowest BCUT2D eigenvalue weighted by Crippen LogP contribution is -2.18. The molecule has 1 aromatic rings. The second kappa shape index (κ2) is 5.64. The summed E-state index contributed by atoms with van der Waals surface area (Å²) in [4.78, 5) is 4.18. The van der Waals surface area contributed by atoms with Crippen LogP contribution >= 0.6 is 27.3 Å². The zero-order chi connectivity index (χ0) is 8.81. The third kappa shape index (κ3) is 3.62. The van der Waals surface area contributed by atoms with Crippen molar-refractivity contribution in [3.63, 3.8) is 0 Å². The van der Waals surface area contributed by atoms with Gasteiger partial charge in [-0.25, -0.2) is 4.98 Å². The second-order valence-corrected chi connectivity index (χ2v) is 4.72. The Morgan fingerprint density at radius 1 is 1.75 bits per heavy atom. The van der Waals surface area contributed by atoms with E-state index in [2.05, 4.69) is 26.2 Å². The molecule has 0 aromatic carbocycles. The van der Waals surface area contributed by atoms with Crippen LogP contribution in [0.1, 0.15) is 5.01 Å². The summed E-state index contributed by atoms with van der Waals surface area (Å²) in [5.41, 5.74) is 0. The number of nitrogens with one attached hydrogen (secondary N) is 1. The van der Waals surface area contributed by atoms with Crippen molar-refractivity contribution in [2.24, 2.45) is 0 Å². The molecule has 1 rings (SSSR count). The number of hydrogen-bond donors (Lipinski definition) is 1. The van der Waals surface area contributed by atoms with Crippen molar-refractivity contribution in [2.45, 2.75) is 6.54 Å². The van der Waals surface area contributed by atoms with E-state index >= 15 is 0 Å². The normalized spacial score (nSPS) is 10.5. The lowest BCUT2D eigenvalue weighted by molar-refractivity contribution is 0.199. The summed E-state index contributed by atoms with van der Waals surface area (Å²) < 4.78 is 5.97. The number of hydrogen-bond acceptors (Lipinski definition) is 4. The van der Waals surface area contributed by atoms with Gasteiger partial charge in [0, 0.05) is 20.2 Å². The maximum absolute atomic E-state index is 4.90. The predicted molar refractivity (Wildman–Crippen MR) is 53.4 cm³/mol. The molecule has 1 heterocycles. The standard InChI is InChI=1S/C7H11BrN2OS/c1-11-3-2-9-5-7-10-4-6(8)12-7/h4,9H,2-3,5H2,1H3. The van der Waals surface area contributed by atoms with Gasteiger partial charge in [0.15, 0.2) is 0 Å². The van der Waals surface area contributed by atoms with E-state index in [1.54, 1.807) is 18.4 Å². The van der Waals surface area contributed by atoms with E-state index in [0.717, 1.165) is 28.5 Å². The fourth-order valence-corrected chi connectivity index (χ4v) is 2.01. The smallest absolute Gasteiger partial charge is 0.107 e. The summed E-state index contributed by atoms with van der Waals surface area (Å²) in [7, 11) is 1.70. The first-order valence-electron chi connectivity index (χ1n) is 3.63. The molecule has 1 aromatic heterocycles. The van der Waals surface area contributed by atoms with Crippen LogP contribution in [0.15, 0.2) is 9.98 Å². The zero-order valence-electron chi connectivity index (χ0n) is 6.84. The van der Waals surface area contributed by atoms with Crippen molar-refractivity contribution in [3.05, 3.63) is 15.0 Å². The average molecular weight is 251 g/mol. The average Bonchev–Trinajstić information content (AvgIpc) is 2.45. The summed E-state index contributed by atoms with van der Waals surface area (Å²) in [6.45, 7) is 2.43. The fourth-order valence-electron chi connectivity index (χ4n) is 0.739. The maximum Gasteiger partial charge on any atom is 0.107 e. The van der Waals surface area contributed by atoms with Gasteiger partial charge in [0.25, 0.3) is 0 Å². The summed E-state index contributed by atoms with van der Waals surface area (Å²) in [5.74, 6) is 0. The first-order chi connectivity index (χ1) is 5.83. The van der Waals surface area contributed by atoms with Crippen LogP contribution in [0.3, 0.4) is 0 Å². The molecule has 0 atom stereocenters. The van der Waals surface area contributed by atoms with Crippen molar-refractivity contribution in [2.75, 3.05) is 20.3 Å². The summed E-state index contributed by atoms with van der Waals surface area (Å²) in [5, 5.41) is 4.31. The van der Waals surface area contributed by atoms with Crippen LogP contribution in [0.25, 0.3) is 0 Å². The molecule has 0 amide bonds. The Labute approximate surface area is 84.3 Å². The molecule has 0 saturated heterocycles. The fraction of sp³-hybridized carbons (Fsp3) is 0.571. The van der Waals surface area contributed by atoms with E-state index in [1.807, 2.05) is 6.20 Å². The van der Waals surface area contributed by atoms with Crippen molar-refractivity contribution in [3.8, 4) is 0 Å². The van der Waals surface area contributed by atoms with Gasteiger partial charge in [-0.15, -0.1) is 11.3 Å². The summed E-state index contributed by atoms with van der Waals surface area (Å²) in [6.07, 6.45) is 1.82. The lowest BCUT2D eigenvalue weighted by Gasteiger charge is -1.99. The first-order valence-corrected chi connectivity index (χ1v) is 5.23. The van der Waals surface area contributed by atoms with E-state index < -0.39 is 0 Å². The Morgan fingerprint density at radius 3 is 3.17 bits per heavy atom. The van der Waals surface area contributed by atoms with Crippen molar-refractivity contribution in [1.82, 2.24) is 10.3 Å². The molecule has 0 fully saturated rings. The topological polar surface area (TPSA) is 34.1 Å². The van der Waals surface area contributed by atoms with Crippen LogP contribution in [-0.2, 0) is 11.3 Å². The molecule has 0 saturated carbocycles. The minimum absolute atomic E-state index is 0.743. The van der Waals surface area contributed by atoms with E-state index in [0.29, 0.717) is 0 Å². The number of nitrogens with zero attached hydrogens (tertiary/aromatic N) is 1. The molecular formula is C7H11BrN2OS. The van der Waals surface area contributed by atoms with Gasteiger partial charge in [-0.3, -0.25) is 0 Å². The molecule has 0 unspecified atom stereocenters. The number of halogens is 1. The van der Waals surface area contributed by atoms with Crippen LogP contribution in [0.4, 0.5) is 0 Å². The van der Waals surface area contributed by atoms with Gasteiger partial charge in [0.1, 0.15) is 5.01 Å². The van der Waals surface area contributed by atoms with E-state index in [4.69, 9.17) is 4.74 Å². The molecule has 68 valence electrons. The molecule has 12 heavy (non-hydrogen) atoms. The monoisotopic (exact) mass is 250 g/mol. The third-order valence-electron chi connectivity index (χ3n) is 1.28. The Hall–Kier alpha value is 0.0300. The highest BCUT2D eigenvalue weighted by atomic mass is 79.9. The summed E-state index contributed by atoms with van der Waals surface area (Å²) >= 11 is 5.01. The van der Waals surface area contributed by atoms with Crippen molar-refractivity contribution >= 4 is 27.3 Å². The molecule has 5 heteroatoms. The molecule has 1 N–H and O–H groups in total. The number of aromatic nitrogens is 1. The Morgan fingerprint density at radius 2 is 2.58 bits per heavy atom. The van der Waals surface area contributed by atoms with Crippen LogP contribution in [0.2, 0.25) is 0 Å². The molecular weight excluding hydrogens is 240 g/mol. The van der Waals surface area contributed by atoms with Gasteiger partial charge in [-0.2, -0.15) is 0 Å². The highest BCUT2D eigenvalue weighted by Crippen LogP contribution is 2.18. The number of thiazole rings is 1. The Bertz CT molecular complexity index is 229. The second-order valence-electron chi connectivity index (χ2n) is 2.23. The van der Waals surface area contributed by atoms with Gasteiger partial charge in [0.05, 0.1) is 16.6 Å². The Kier molecular flexibility index (Phi) is 4.75. The van der Waals surface area contributed by atoms with Crippen LogP contribution in [0.5, 0.6) is 0 Å². The number of rotatable bonds is 5. The van der Waals surface area contributed by atoms with E-state index in [1.165, 1.54) is 0 Å². The van der Waals surface area contributed by atoms with Crippen LogP contribution in [-0.4, -0.2) is 25.2 Å². The Balaban J connectivity index is 2.15. The highest BCUT2D eigenvalue weighted by molar-refractivity contribution is 9.11. The van der Waals surface area contributed by atoms with E-state index in [9.17, 15) is 0 Å². The van der Waals surface area contributed by atoms with Gasteiger partial charge in [-0.1, -0.05) is 0 Å². The molecule has 3 nitrogen and oxygen atoms in total. The van der Waals surface area contributed by atoms with Gasteiger partial charge in [-0.05, 0) is 15.9 Å². The molecule has 0 radical (unpaired) electrons. The summed E-state index contributed by atoms with van der Waals surface area (Å²) in [6, 6.07) is 0.